The van der Waals surface area contributed by atoms with E-state index in [2.05, 4.69) is 27.8 Å². The van der Waals surface area contributed by atoms with Crippen molar-refractivity contribution in [2.45, 2.75) is 45.6 Å². The number of hydrogen-bond donors (Lipinski definition) is 1. The normalized spacial score (nSPS) is 15.7. The van der Waals surface area contributed by atoms with Crippen LogP contribution in [0.1, 0.15) is 48.5 Å². The first kappa shape index (κ1) is 14.4. The molecule has 19 heavy (non-hydrogen) atoms. The number of hydrogen-bond acceptors (Lipinski definition) is 2. The lowest BCUT2D eigenvalue weighted by molar-refractivity contribution is 0.0696. The number of benzene rings is 1. The molecule has 1 aromatic rings. The van der Waals surface area contributed by atoms with Gasteiger partial charge in [-0.05, 0) is 44.4 Å². The fourth-order valence-corrected chi connectivity index (χ4v) is 3.47. The minimum Gasteiger partial charge on any atom is -0.478 e. The summed E-state index contributed by atoms with van der Waals surface area (Å²) in [4.78, 5) is 13.7. The topological polar surface area (TPSA) is 40.5 Å². The van der Waals surface area contributed by atoms with Gasteiger partial charge in [0.25, 0.3) is 0 Å². The van der Waals surface area contributed by atoms with Crippen LogP contribution >= 0.6 is 15.9 Å². The monoisotopic (exact) mass is 325 g/mol. The predicted octanol–water partition coefficient (Wildman–Crippen LogP) is 4.22. The van der Waals surface area contributed by atoms with Crippen LogP contribution in [0.15, 0.2) is 16.6 Å². The average Bonchev–Trinajstić information content (AvgIpc) is 2.87. The molecular weight excluding hydrogens is 306 g/mol. The van der Waals surface area contributed by atoms with E-state index in [0.717, 1.165) is 22.3 Å². The SMILES string of the molecule is CCN(c1cc(Br)cc(C(=O)O)c1C)C1CCCC1. The number of carboxylic acids is 1. The minimum absolute atomic E-state index is 0.390. The first-order chi connectivity index (χ1) is 9.04. The number of carboxylic acid groups (broad SMARTS) is 1. The molecule has 3 nitrogen and oxygen atoms in total. The van der Waals surface area contributed by atoms with Crippen LogP contribution < -0.4 is 4.90 Å². The highest BCUT2D eigenvalue weighted by atomic mass is 79.9. The van der Waals surface area contributed by atoms with E-state index in [4.69, 9.17) is 0 Å². The van der Waals surface area contributed by atoms with Crippen molar-refractivity contribution in [1.82, 2.24) is 0 Å². The molecule has 0 amide bonds. The van der Waals surface area contributed by atoms with Crippen molar-refractivity contribution >= 4 is 27.6 Å². The Kier molecular flexibility index (Phi) is 4.50. The van der Waals surface area contributed by atoms with Crippen LogP contribution in [-0.2, 0) is 0 Å². The molecule has 1 fully saturated rings. The van der Waals surface area contributed by atoms with Gasteiger partial charge in [0, 0.05) is 22.7 Å². The van der Waals surface area contributed by atoms with Gasteiger partial charge in [-0.15, -0.1) is 0 Å². The first-order valence-corrected chi connectivity index (χ1v) is 7.64. The standard InChI is InChI=1S/C15H20BrNO2/c1-3-17(12-6-4-5-7-12)14-9-11(16)8-13(10(14)2)15(18)19/h8-9,12H,3-7H2,1-2H3,(H,18,19). The van der Waals surface area contributed by atoms with Crippen molar-refractivity contribution < 1.29 is 9.90 Å². The minimum atomic E-state index is -0.859. The average molecular weight is 326 g/mol. The fraction of sp³-hybridized carbons (Fsp3) is 0.533. The summed E-state index contributed by atoms with van der Waals surface area (Å²) in [6, 6.07) is 4.28. The molecule has 0 radical (unpaired) electrons. The Labute approximate surface area is 122 Å². The quantitative estimate of drug-likeness (QED) is 0.900. The first-order valence-electron chi connectivity index (χ1n) is 6.84. The van der Waals surface area contributed by atoms with Gasteiger partial charge in [0.05, 0.1) is 5.56 Å². The van der Waals surface area contributed by atoms with Crippen molar-refractivity contribution in [1.29, 1.82) is 0 Å². The summed E-state index contributed by atoms with van der Waals surface area (Å²) in [6.45, 7) is 4.96. The largest absolute Gasteiger partial charge is 0.478 e. The lowest BCUT2D eigenvalue weighted by atomic mass is 10.0. The molecule has 0 unspecified atom stereocenters. The lowest BCUT2D eigenvalue weighted by Gasteiger charge is -2.32. The van der Waals surface area contributed by atoms with Gasteiger partial charge in [0.15, 0.2) is 0 Å². The highest BCUT2D eigenvalue weighted by Gasteiger charge is 2.24. The zero-order valence-corrected chi connectivity index (χ0v) is 13.0. The van der Waals surface area contributed by atoms with E-state index >= 15 is 0 Å². The van der Waals surface area contributed by atoms with E-state index in [1.165, 1.54) is 25.7 Å². The third-order valence-corrected chi connectivity index (χ3v) is 4.45. The summed E-state index contributed by atoms with van der Waals surface area (Å²) in [6.07, 6.45) is 4.98. The van der Waals surface area contributed by atoms with Gasteiger partial charge >= 0.3 is 5.97 Å². The summed E-state index contributed by atoms with van der Waals surface area (Å²) in [7, 11) is 0. The van der Waals surface area contributed by atoms with Crippen molar-refractivity contribution in [3.63, 3.8) is 0 Å². The second-order valence-electron chi connectivity index (χ2n) is 5.13. The Morgan fingerprint density at radius 3 is 2.58 bits per heavy atom. The molecule has 4 heteroatoms. The molecule has 1 aliphatic carbocycles. The number of halogens is 1. The third-order valence-electron chi connectivity index (χ3n) is 3.99. The second-order valence-corrected chi connectivity index (χ2v) is 6.04. The molecule has 0 bridgehead atoms. The molecule has 2 rings (SSSR count). The van der Waals surface area contributed by atoms with Gasteiger partial charge in [-0.25, -0.2) is 4.79 Å². The molecule has 1 N–H and O–H groups in total. The molecule has 0 aromatic heterocycles. The van der Waals surface area contributed by atoms with E-state index in [1.54, 1.807) is 6.07 Å². The molecule has 0 heterocycles. The molecule has 1 saturated carbocycles. The maximum absolute atomic E-state index is 11.3. The highest BCUT2D eigenvalue weighted by molar-refractivity contribution is 9.10. The zero-order valence-electron chi connectivity index (χ0n) is 11.4. The molecule has 0 aliphatic heterocycles. The Bertz CT molecular complexity index is 481. The van der Waals surface area contributed by atoms with E-state index in [-0.39, 0.29) is 0 Å². The molecule has 104 valence electrons. The maximum Gasteiger partial charge on any atom is 0.336 e. The molecule has 1 aliphatic rings. The number of aromatic carboxylic acids is 1. The fourth-order valence-electron chi connectivity index (χ4n) is 3.03. The van der Waals surface area contributed by atoms with Crippen molar-refractivity contribution in [2.75, 3.05) is 11.4 Å². The van der Waals surface area contributed by atoms with Gasteiger partial charge < -0.3 is 10.0 Å². The number of nitrogens with zero attached hydrogens (tertiary/aromatic N) is 1. The lowest BCUT2D eigenvalue weighted by Crippen LogP contribution is -2.33. The van der Waals surface area contributed by atoms with Crippen molar-refractivity contribution in [3.05, 3.63) is 27.7 Å². The molecule has 0 spiro atoms. The van der Waals surface area contributed by atoms with Crippen LogP contribution in [0.2, 0.25) is 0 Å². The highest BCUT2D eigenvalue weighted by Crippen LogP contribution is 2.33. The van der Waals surface area contributed by atoms with E-state index < -0.39 is 5.97 Å². The van der Waals surface area contributed by atoms with E-state index in [0.29, 0.717) is 11.6 Å². The summed E-state index contributed by atoms with van der Waals surface area (Å²) in [5.41, 5.74) is 2.31. The van der Waals surface area contributed by atoms with Crippen LogP contribution in [0, 0.1) is 6.92 Å². The molecule has 0 saturated heterocycles. The Hall–Kier alpha value is -1.03. The summed E-state index contributed by atoms with van der Waals surface area (Å²) < 4.78 is 0.835. The van der Waals surface area contributed by atoms with E-state index in [1.807, 2.05) is 13.0 Å². The number of carbonyl (C=O) groups is 1. The van der Waals surface area contributed by atoms with Crippen molar-refractivity contribution in [2.24, 2.45) is 0 Å². The summed E-state index contributed by atoms with van der Waals surface area (Å²) >= 11 is 3.43. The molecule has 1 aromatic carbocycles. The van der Waals surface area contributed by atoms with Crippen LogP contribution in [-0.4, -0.2) is 23.7 Å². The zero-order chi connectivity index (χ0) is 14.0. The van der Waals surface area contributed by atoms with Gasteiger partial charge in [0.2, 0.25) is 0 Å². The van der Waals surface area contributed by atoms with E-state index in [9.17, 15) is 9.90 Å². The number of rotatable bonds is 4. The van der Waals surface area contributed by atoms with Gasteiger partial charge in [-0.1, -0.05) is 28.8 Å². The molecule has 0 atom stereocenters. The Balaban J connectivity index is 2.44. The number of anilines is 1. The van der Waals surface area contributed by atoms with Gasteiger partial charge in [-0.2, -0.15) is 0 Å². The van der Waals surface area contributed by atoms with Crippen LogP contribution in [0.5, 0.6) is 0 Å². The Morgan fingerprint density at radius 2 is 2.05 bits per heavy atom. The summed E-state index contributed by atoms with van der Waals surface area (Å²) in [5, 5.41) is 9.30. The van der Waals surface area contributed by atoms with Gasteiger partial charge in [-0.3, -0.25) is 0 Å². The van der Waals surface area contributed by atoms with Crippen LogP contribution in [0.3, 0.4) is 0 Å². The van der Waals surface area contributed by atoms with Crippen molar-refractivity contribution in [3.8, 4) is 0 Å². The smallest absolute Gasteiger partial charge is 0.336 e. The van der Waals surface area contributed by atoms with Crippen LogP contribution in [0.25, 0.3) is 0 Å². The Morgan fingerprint density at radius 1 is 1.42 bits per heavy atom. The summed E-state index contributed by atoms with van der Waals surface area (Å²) in [5.74, 6) is -0.859. The second kappa shape index (κ2) is 5.95. The predicted molar refractivity (Wildman–Crippen MR) is 81.1 cm³/mol. The van der Waals surface area contributed by atoms with Gasteiger partial charge in [0.1, 0.15) is 0 Å². The molecular formula is C15H20BrNO2. The third kappa shape index (κ3) is 2.94. The van der Waals surface area contributed by atoms with Crippen LogP contribution in [0.4, 0.5) is 5.69 Å². The maximum atomic E-state index is 11.3.